The first-order valence-electron chi connectivity index (χ1n) is 10.3. The Morgan fingerprint density at radius 2 is 1.61 bits per heavy atom. The Morgan fingerprint density at radius 3 is 2.18 bits per heavy atom. The van der Waals surface area contributed by atoms with Crippen LogP contribution in [-0.2, 0) is 4.79 Å². The van der Waals surface area contributed by atoms with Crippen LogP contribution in [0.5, 0.6) is 5.75 Å². The predicted molar refractivity (Wildman–Crippen MR) is 131 cm³/mol. The molecule has 4 aromatic rings. The summed E-state index contributed by atoms with van der Waals surface area (Å²) in [5, 5.41) is 9.88. The number of ether oxygens (including phenoxy) is 1. The number of nitriles is 1. The highest BCUT2D eigenvalue weighted by molar-refractivity contribution is 8.00. The number of rotatable bonds is 7. The number of thioether (sulfide) groups is 1. The van der Waals surface area contributed by atoms with Gasteiger partial charge in [-0.05, 0) is 29.3 Å². The lowest BCUT2D eigenvalue weighted by Crippen LogP contribution is -2.19. The van der Waals surface area contributed by atoms with Gasteiger partial charge in [0.25, 0.3) is 0 Å². The van der Waals surface area contributed by atoms with Crippen molar-refractivity contribution < 1.29 is 9.53 Å². The highest BCUT2D eigenvalue weighted by atomic mass is 32.2. The monoisotopic (exact) mass is 451 g/mol. The minimum atomic E-state index is -0.680. The Balaban J connectivity index is 1.89. The van der Waals surface area contributed by atoms with Gasteiger partial charge in [-0.2, -0.15) is 5.26 Å². The van der Waals surface area contributed by atoms with Crippen LogP contribution in [-0.4, -0.2) is 18.0 Å². The van der Waals surface area contributed by atoms with Crippen molar-refractivity contribution in [3.8, 4) is 34.2 Å². The molecule has 1 atom stereocenters. The van der Waals surface area contributed by atoms with Crippen LogP contribution in [0.4, 0.5) is 0 Å². The maximum absolute atomic E-state index is 12.4. The quantitative estimate of drug-likeness (QED) is 0.369. The number of nitrogens with zero attached hydrogens (tertiary/aromatic N) is 2. The van der Waals surface area contributed by atoms with Gasteiger partial charge in [0.05, 0.1) is 18.4 Å². The lowest BCUT2D eigenvalue weighted by atomic mass is 9.99. The molecule has 1 heterocycles. The second kappa shape index (κ2) is 10.0. The number of carbonyl (C=O) groups excluding carboxylic acids is 1. The zero-order valence-corrected chi connectivity index (χ0v) is 18.8. The summed E-state index contributed by atoms with van der Waals surface area (Å²) in [6.45, 7) is 0. The molecule has 0 spiro atoms. The van der Waals surface area contributed by atoms with Crippen molar-refractivity contribution in [3.05, 3.63) is 102 Å². The molecule has 0 unspecified atom stereocenters. The molecular formula is C27H21N3O2S. The van der Waals surface area contributed by atoms with E-state index in [4.69, 9.17) is 15.5 Å². The van der Waals surface area contributed by atoms with Crippen LogP contribution in [0.1, 0.15) is 16.4 Å². The molecule has 0 radical (unpaired) electrons. The third-order valence-electron chi connectivity index (χ3n) is 5.16. The van der Waals surface area contributed by atoms with Crippen LogP contribution in [0.25, 0.3) is 22.4 Å². The molecule has 0 saturated heterocycles. The number of methoxy groups -OCH3 is 1. The number of amides is 1. The van der Waals surface area contributed by atoms with E-state index in [0.717, 1.165) is 28.0 Å². The van der Waals surface area contributed by atoms with Gasteiger partial charge in [0.2, 0.25) is 5.91 Å². The highest BCUT2D eigenvalue weighted by Gasteiger charge is 2.24. The molecule has 1 amide bonds. The summed E-state index contributed by atoms with van der Waals surface area (Å²) in [4.78, 5) is 17.2. The molecule has 4 rings (SSSR count). The van der Waals surface area contributed by atoms with Gasteiger partial charge < -0.3 is 10.5 Å². The largest absolute Gasteiger partial charge is 0.497 e. The summed E-state index contributed by atoms with van der Waals surface area (Å²) in [6, 6.07) is 30.7. The smallest absolute Gasteiger partial charge is 0.235 e. The van der Waals surface area contributed by atoms with Gasteiger partial charge >= 0.3 is 0 Å². The zero-order valence-electron chi connectivity index (χ0n) is 17.9. The Bertz CT molecular complexity index is 1300. The summed E-state index contributed by atoms with van der Waals surface area (Å²) < 4.78 is 5.27. The first-order chi connectivity index (χ1) is 16.1. The van der Waals surface area contributed by atoms with Crippen LogP contribution in [0.2, 0.25) is 0 Å². The van der Waals surface area contributed by atoms with Crippen molar-refractivity contribution in [2.75, 3.05) is 7.11 Å². The molecule has 0 aliphatic rings. The van der Waals surface area contributed by atoms with Gasteiger partial charge in [-0.1, -0.05) is 84.6 Å². The van der Waals surface area contributed by atoms with Crippen molar-refractivity contribution in [3.63, 3.8) is 0 Å². The molecule has 0 bridgehead atoms. The van der Waals surface area contributed by atoms with Crippen LogP contribution in [0.15, 0.2) is 96.0 Å². The van der Waals surface area contributed by atoms with E-state index in [1.807, 2.05) is 91.0 Å². The molecule has 3 aromatic carbocycles. The molecule has 1 aromatic heterocycles. The molecule has 5 nitrogen and oxygen atoms in total. The third-order valence-corrected chi connectivity index (χ3v) is 6.42. The number of hydrogen-bond donors (Lipinski definition) is 1. The fourth-order valence-electron chi connectivity index (χ4n) is 3.50. The van der Waals surface area contributed by atoms with Crippen molar-refractivity contribution in [1.82, 2.24) is 4.98 Å². The minimum absolute atomic E-state index is 0.395. The number of nitrogens with two attached hydrogens (primary N) is 1. The van der Waals surface area contributed by atoms with Crippen molar-refractivity contribution >= 4 is 17.7 Å². The SMILES string of the molecule is COc1ccc(-c2cc(-c3ccccc3)nc(S[C@H](C(N)=O)c3ccccc3)c2C#N)cc1. The molecule has 33 heavy (non-hydrogen) atoms. The van der Waals surface area contributed by atoms with Crippen LogP contribution >= 0.6 is 11.8 Å². The Morgan fingerprint density at radius 1 is 0.970 bits per heavy atom. The molecule has 0 aliphatic heterocycles. The molecule has 2 N–H and O–H groups in total. The number of carbonyl (C=O) groups is 1. The van der Waals surface area contributed by atoms with Crippen molar-refractivity contribution in [2.45, 2.75) is 10.3 Å². The van der Waals surface area contributed by atoms with Gasteiger partial charge in [-0.3, -0.25) is 4.79 Å². The molecule has 6 heteroatoms. The topological polar surface area (TPSA) is 89.0 Å². The van der Waals surface area contributed by atoms with E-state index < -0.39 is 11.2 Å². The van der Waals surface area contributed by atoms with Crippen molar-refractivity contribution in [2.24, 2.45) is 5.73 Å². The average molecular weight is 452 g/mol. The third kappa shape index (κ3) is 4.89. The van der Waals surface area contributed by atoms with Crippen LogP contribution < -0.4 is 10.5 Å². The number of primary amides is 1. The summed E-state index contributed by atoms with van der Waals surface area (Å²) in [5.74, 6) is 0.232. The van der Waals surface area contributed by atoms with E-state index in [-0.39, 0.29) is 0 Å². The lowest BCUT2D eigenvalue weighted by Gasteiger charge is -2.17. The summed E-state index contributed by atoms with van der Waals surface area (Å²) in [6.07, 6.45) is 0. The van der Waals surface area contributed by atoms with E-state index in [0.29, 0.717) is 16.3 Å². The number of hydrogen-bond acceptors (Lipinski definition) is 5. The van der Waals surface area contributed by atoms with E-state index in [9.17, 15) is 10.1 Å². The minimum Gasteiger partial charge on any atom is -0.497 e. The van der Waals surface area contributed by atoms with Crippen LogP contribution in [0.3, 0.4) is 0 Å². The Labute approximate surface area is 196 Å². The Kier molecular flexibility index (Phi) is 6.72. The van der Waals surface area contributed by atoms with E-state index in [2.05, 4.69) is 6.07 Å². The summed E-state index contributed by atoms with van der Waals surface area (Å²) in [7, 11) is 1.61. The molecule has 0 saturated carbocycles. The molecular weight excluding hydrogens is 430 g/mol. The van der Waals surface area contributed by atoms with E-state index in [1.165, 1.54) is 11.8 Å². The Hall–Kier alpha value is -4.08. The predicted octanol–water partition coefficient (Wildman–Crippen LogP) is 5.61. The maximum atomic E-state index is 12.4. The second-order valence-corrected chi connectivity index (χ2v) is 8.35. The average Bonchev–Trinajstić information content (AvgIpc) is 2.87. The first-order valence-corrected chi connectivity index (χ1v) is 11.1. The second-order valence-electron chi connectivity index (χ2n) is 7.25. The van der Waals surface area contributed by atoms with Gasteiger partial charge in [-0.25, -0.2) is 4.98 Å². The van der Waals surface area contributed by atoms with Gasteiger partial charge in [-0.15, -0.1) is 0 Å². The van der Waals surface area contributed by atoms with Gasteiger partial charge in [0.15, 0.2) is 0 Å². The highest BCUT2D eigenvalue weighted by Crippen LogP contribution is 2.40. The van der Waals surface area contributed by atoms with Crippen molar-refractivity contribution in [1.29, 1.82) is 5.26 Å². The van der Waals surface area contributed by atoms with Crippen LogP contribution in [0, 0.1) is 11.3 Å². The normalized spacial score (nSPS) is 11.4. The zero-order chi connectivity index (χ0) is 23.2. The molecule has 0 fully saturated rings. The van der Waals surface area contributed by atoms with E-state index in [1.54, 1.807) is 7.11 Å². The summed E-state index contributed by atoms with van der Waals surface area (Å²) >= 11 is 1.19. The van der Waals surface area contributed by atoms with E-state index >= 15 is 0 Å². The van der Waals surface area contributed by atoms with Gasteiger partial charge in [0.1, 0.15) is 22.1 Å². The maximum Gasteiger partial charge on any atom is 0.235 e. The fraction of sp³-hybridized carbons (Fsp3) is 0.0741. The number of aromatic nitrogens is 1. The number of benzene rings is 3. The lowest BCUT2D eigenvalue weighted by molar-refractivity contribution is -0.117. The number of pyridine rings is 1. The molecule has 0 aliphatic carbocycles. The molecule has 162 valence electrons. The fourth-order valence-corrected chi connectivity index (χ4v) is 4.56. The van der Waals surface area contributed by atoms with Gasteiger partial charge in [0, 0.05) is 11.1 Å². The first kappa shape index (κ1) is 22.1. The standard InChI is InChI=1S/C27H21N3O2S/c1-32-21-14-12-18(13-15-21)22-16-24(19-8-4-2-5-9-19)30-27(23(22)17-28)33-25(26(29)31)20-10-6-3-7-11-20/h2-16,25H,1H3,(H2,29,31)/t25-/m0/s1. The summed E-state index contributed by atoms with van der Waals surface area (Å²) in [5.41, 5.74) is 10.1.